The molecule has 0 unspecified atom stereocenters. The van der Waals surface area contributed by atoms with Crippen LogP contribution in [0.5, 0.6) is 0 Å². The van der Waals surface area contributed by atoms with E-state index in [4.69, 9.17) is 0 Å². The van der Waals surface area contributed by atoms with E-state index < -0.39 is 0 Å². The molecule has 3 rings (SSSR count). The van der Waals surface area contributed by atoms with Crippen LogP contribution in [0.15, 0.2) is 59.1 Å². The van der Waals surface area contributed by atoms with Gasteiger partial charge in [-0.25, -0.2) is 0 Å². The normalized spacial score (nSPS) is 14.1. The molecular weight excluding hydrogens is 272 g/mol. The molecule has 2 aromatic rings. The third kappa shape index (κ3) is 2.20. The van der Waals surface area contributed by atoms with Crippen LogP contribution in [0.3, 0.4) is 0 Å². The Hall–Kier alpha value is -1.34. The zero-order valence-electron chi connectivity index (χ0n) is 9.49. The molecule has 0 amide bonds. The lowest BCUT2D eigenvalue weighted by atomic mass is 9.90. The highest BCUT2D eigenvalue weighted by atomic mass is 79.9. The standard InChI is InChI=1S/C16H13Br/c17-16-9-3-8-15(11-16)14-7-2-6-13(10-14)12-4-1-5-12/h2-4,6-11H,1,5H2. The van der Waals surface area contributed by atoms with Crippen molar-refractivity contribution in [1.82, 2.24) is 0 Å². The number of hydrogen-bond donors (Lipinski definition) is 0. The minimum atomic E-state index is 1.13. The molecule has 0 saturated heterocycles. The van der Waals surface area contributed by atoms with Gasteiger partial charge in [-0.1, -0.05) is 52.3 Å². The van der Waals surface area contributed by atoms with E-state index >= 15 is 0 Å². The highest BCUT2D eigenvalue weighted by Crippen LogP contribution is 2.31. The largest absolute Gasteiger partial charge is 0.0804 e. The fourth-order valence-electron chi connectivity index (χ4n) is 2.12. The third-order valence-electron chi connectivity index (χ3n) is 3.20. The maximum absolute atomic E-state index is 3.52. The van der Waals surface area contributed by atoms with Crippen LogP contribution in [0, 0.1) is 0 Å². The van der Waals surface area contributed by atoms with Crippen LogP contribution in [-0.2, 0) is 0 Å². The van der Waals surface area contributed by atoms with Crippen molar-refractivity contribution in [3.8, 4) is 11.1 Å². The molecule has 1 heteroatoms. The summed E-state index contributed by atoms with van der Waals surface area (Å²) >= 11 is 3.52. The van der Waals surface area contributed by atoms with Gasteiger partial charge in [0, 0.05) is 4.47 Å². The summed E-state index contributed by atoms with van der Waals surface area (Å²) in [5.41, 5.74) is 5.41. The maximum Gasteiger partial charge on any atom is 0.0181 e. The molecule has 84 valence electrons. The highest BCUT2D eigenvalue weighted by molar-refractivity contribution is 9.10. The van der Waals surface area contributed by atoms with Crippen molar-refractivity contribution < 1.29 is 0 Å². The van der Waals surface area contributed by atoms with Gasteiger partial charge in [-0.05, 0) is 53.3 Å². The molecule has 0 bridgehead atoms. The average Bonchev–Trinajstić information content (AvgIpc) is 2.27. The summed E-state index contributed by atoms with van der Waals surface area (Å²) in [7, 11) is 0. The van der Waals surface area contributed by atoms with Gasteiger partial charge < -0.3 is 0 Å². The smallest absolute Gasteiger partial charge is 0.0181 e. The van der Waals surface area contributed by atoms with Crippen molar-refractivity contribution in [2.45, 2.75) is 12.8 Å². The Morgan fingerprint density at radius 2 is 1.47 bits per heavy atom. The minimum absolute atomic E-state index is 1.13. The molecule has 0 saturated carbocycles. The molecule has 0 aromatic heterocycles. The average molecular weight is 285 g/mol. The lowest BCUT2D eigenvalue weighted by Gasteiger charge is -2.15. The Labute approximate surface area is 110 Å². The molecule has 0 atom stereocenters. The van der Waals surface area contributed by atoms with Gasteiger partial charge in [0.2, 0.25) is 0 Å². The van der Waals surface area contributed by atoms with Crippen molar-refractivity contribution >= 4 is 21.5 Å². The first kappa shape index (κ1) is 10.8. The van der Waals surface area contributed by atoms with Gasteiger partial charge in [-0.2, -0.15) is 0 Å². The quantitative estimate of drug-likeness (QED) is 0.703. The topological polar surface area (TPSA) is 0 Å². The second kappa shape index (κ2) is 4.50. The van der Waals surface area contributed by atoms with E-state index in [1.165, 1.54) is 35.1 Å². The van der Waals surface area contributed by atoms with Crippen molar-refractivity contribution in [2.24, 2.45) is 0 Å². The number of benzene rings is 2. The summed E-state index contributed by atoms with van der Waals surface area (Å²) in [6, 6.07) is 17.2. The highest BCUT2D eigenvalue weighted by Gasteiger charge is 2.09. The Balaban J connectivity index is 2.03. The van der Waals surface area contributed by atoms with E-state index in [9.17, 15) is 0 Å². The second-order valence-electron chi connectivity index (χ2n) is 4.36. The molecule has 0 N–H and O–H groups in total. The summed E-state index contributed by atoms with van der Waals surface area (Å²) in [6.07, 6.45) is 4.78. The monoisotopic (exact) mass is 284 g/mol. The lowest BCUT2D eigenvalue weighted by Crippen LogP contribution is -1.93. The van der Waals surface area contributed by atoms with Crippen LogP contribution in [-0.4, -0.2) is 0 Å². The number of rotatable bonds is 2. The molecular formula is C16H13Br. The lowest BCUT2D eigenvalue weighted by molar-refractivity contribution is 0.988. The van der Waals surface area contributed by atoms with Crippen LogP contribution in [0.25, 0.3) is 16.7 Å². The fourth-order valence-corrected chi connectivity index (χ4v) is 2.52. The van der Waals surface area contributed by atoms with Crippen molar-refractivity contribution in [1.29, 1.82) is 0 Å². The Morgan fingerprint density at radius 1 is 0.824 bits per heavy atom. The summed E-state index contributed by atoms with van der Waals surface area (Å²) in [6.45, 7) is 0. The van der Waals surface area contributed by atoms with Gasteiger partial charge in [0.25, 0.3) is 0 Å². The van der Waals surface area contributed by atoms with Crippen molar-refractivity contribution in [2.75, 3.05) is 0 Å². The second-order valence-corrected chi connectivity index (χ2v) is 5.27. The van der Waals surface area contributed by atoms with Crippen LogP contribution < -0.4 is 0 Å². The van der Waals surface area contributed by atoms with Crippen molar-refractivity contribution in [3.05, 3.63) is 64.6 Å². The Kier molecular flexibility index (Phi) is 2.86. The first-order valence-electron chi connectivity index (χ1n) is 5.88. The Bertz CT molecular complexity index is 582. The Morgan fingerprint density at radius 3 is 2.12 bits per heavy atom. The van der Waals surface area contributed by atoms with Crippen LogP contribution >= 0.6 is 15.9 Å². The van der Waals surface area contributed by atoms with Gasteiger partial charge in [0.15, 0.2) is 0 Å². The van der Waals surface area contributed by atoms with Gasteiger partial charge in [-0.3, -0.25) is 0 Å². The van der Waals surface area contributed by atoms with Gasteiger partial charge in [0.05, 0.1) is 0 Å². The van der Waals surface area contributed by atoms with E-state index in [1.54, 1.807) is 0 Å². The minimum Gasteiger partial charge on any atom is -0.0804 e. The predicted molar refractivity (Wildman–Crippen MR) is 76.8 cm³/mol. The number of allylic oxidation sites excluding steroid dienone is 2. The van der Waals surface area contributed by atoms with E-state index in [1.807, 2.05) is 0 Å². The molecule has 1 aliphatic rings. The summed E-state index contributed by atoms with van der Waals surface area (Å²) in [5, 5.41) is 0. The zero-order chi connectivity index (χ0) is 11.7. The molecule has 0 heterocycles. The first-order chi connectivity index (χ1) is 8.33. The van der Waals surface area contributed by atoms with E-state index in [0.717, 1.165) is 4.47 Å². The number of halogens is 1. The predicted octanol–water partition coefficient (Wildman–Crippen LogP) is 5.29. The fraction of sp³-hybridized carbons (Fsp3) is 0.125. The maximum atomic E-state index is 3.52. The molecule has 1 aliphatic carbocycles. The van der Waals surface area contributed by atoms with E-state index in [0.29, 0.717) is 0 Å². The molecule has 0 fully saturated rings. The summed E-state index contributed by atoms with van der Waals surface area (Å²) in [5.74, 6) is 0. The number of hydrogen-bond acceptors (Lipinski definition) is 0. The molecule has 0 nitrogen and oxygen atoms in total. The van der Waals surface area contributed by atoms with Crippen molar-refractivity contribution in [3.63, 3.8) is 0 Å². The van der Waals surface area contributed by atoms with Crippen LogP contribution in [0.1, 0.15) is 18.4 Å². The molecule has 2 aromatic carbocycles. The summed E-state index contributed by atoms with van der Waals surface area (Å²) in [4.78, 5) is 0. The molecule has 0 aliphatic heterocycles. The van der Waals surface area contributed by atoms with Crippen LogP contribution in [0.2, 0.25) is 0 Å². The summed E-state index contributed by atoms with van der Waals surface area (Å²) < 4.78 is 1.13. The van der Waals surface area contributed by atoms with E-state index in [-0.39, 0.29) is 0 Å². The van der Waals surface area contributed by atoms with Crippen LogP contribution in [0.4, 0.5) is 0 Å². The zero-order valence-corrected chi connectivity index (χ0v) is 11.1. The molecule has 17 heavy (non-hydrogen) atoms. The molecule has 0 radical (unpaired) electrons. The van der Waals surface area contributed by atoms with Gasteiger partial charge in [-0.15, -0.1) is 0 Å². The molecule has 0 spiro atoms. The van der Waals surface area contributed by atoms with E-state index in [2.05, 4.69) is 70.5 Å². The van der Waals surface area contributed by atoms with Gasteiger partial charge >= 0.3 is 0 Å². The van der Waals surface area contributed by atoms with Gasteiger partial charge in [0.1, 0.15) is 0 Å². The third-order valence-corrected chi connectivity index (χ3v) is 3.69. The SMILES string of the molecule is Brc1cccc(-c2cccc(C3=CCC3)c2)c1. The first-order valence-corrected chi connectivity index (χ1v) is 6.68.